The number of hydrogen-bond acceptors (Lipinski definition) is 4. The van der Waals surface area contributed by atoms with Crippen molar-refractivity contribution in [3.05, 3.63) is 29.3 Å². The highest BCUT2D eigenvalue weighted by atomic mass is 16.5. The normalized spacial score (nSPS) is 15.3. The lowest BCUT2D eigenvalue weighted by molar-refractivity contribution is -0.143. The van der Waals surface area contributed by atoms with Crippen LogP contribution in [0.4, 0.5) is 0 Å². The van der Waals surface area contributed by atoms with E-state index in [1.165, 1.54) is 13.2 Å². The molecule has 1 N–H and O–H groups in total. The van der Waals surface area contributed by atoms with Crippen molar-refractivity contribution < 1.29 is 19.4 Å². The van der Waals surface area contributed by atoms with Crippen molar-refractivity contribution in [2.45, 2.75) is 12.8 Å². The summed E-state index contributed by atoms with van der Waals surface area (Å²) in [6, 6.07) is 6.71. The lowest BCUT2D eigenvalue weighted by Gasteiger charge is -2.30. The van der Waals surface area contributed by atoms with Crippen molar-refractivity contribution in [3.8, 4) is 11.8 Å². The van der Waals surface area contributed by atoms with Gasteiger partial charge in [0, 0.05) is 18.7 Å². The first-order valence-electron chi connectivity index (χ1n) is 6.67. The molecule has 1 aliphatic rings. The fourth-order valence-electron chi connectivity index (χ4n) is 2.44. The Bertz CT molecular complexity index is 598. The van der Waals surface area contributed by atoms with Crippen molar-refractivity contribution in [3.63, 3.8) is 0 Å². The van der Waals surface area contributed by atoms with Gasteiger partial charge < -0.3 is 14.7 Å². The Balaban J connectivity index is 2.11. The summed E-state index contributed by atoms with van der Waals surface area (Å²) in [4.78, 5) is 24.9. The number of nitriles is 1. The van der Waals surface area contributed by atoms with Crippen molar-refractivity contribution in [2.75, 3.05) is 20.2 Å². The van der Waals surface area contributed by atoms with Crippen molar-refractivity contribution in [1.82, 2.24) is 4.90 Å². The summed E-state index contributed by atoms with van der Waals surface area (Å²) in [5.41, 5.74) is 0.727. The van der Waals surface area contributed by atoms with E-state index in [2.05, 4.69) is 0 Å². The molecule has 1 fully saturated rings. The van der Waals surface area contributed by atoms with E-state index < -0.39 is 5.97 Å². The summed E-state index contributed by atoms with van der Waals surface area (Å²) in [6.07, 6.45) is 0.921. The number of nitrogens with zero attached hydrogens (tertiary/aromatic N) is 2. The van der Waals surface area contributed by atoms with Gasteiger partial charge >= 0.3 is 5.97 Å². The average Bonchev–Trinajstić information content (AvgIpc) is 2.53. The number of aliphatic carboxylic acids is 1. The zero-order valence-corrected chi connectivity index (χ0v) is 11.7. The number of benzene rings is 1. The highest BCUT2D eigenvalue weighted by molar-refractivity contribution is 5.95. The Morgan fingerprint density at radius 2 is 2.05 bits per heavy atom. The second kappa shape index (κ2) is 6.27. The van der Waals surface area contributed by atoms with Crippen LogP contribution in [0.1, 0.15) is 28.8 Å². The van der Waals surface area contributed by atoms with E-state index in [4.69, 9.17) is 15.1 Å². The monoisotopic (exact) mass is 288 g/mol. The molecule has 0 unspecified atom stereocenters. The van der Waals surface area contributed by atoms with Crippen LogP contribution in [0.15, 0.2) is 18.2 Å². The van der Waals surface area contributed by atoms with Gasteiger partial charge in [0.25, 0.3) is 5.91 Å². The minimum atomic E-state index is -0.807. The highest BCUT2D eigenvalue weighted by Crippen LogP contribution is 2.22. The number of carboxylic acid groups (broad SMARTS) is 1. The molecule has 0 atom stereocenters. The quantitative estimate of drug-likeness (QED) is 0.910. The Labute approximate surface area is 122 Å². The number of carbonyl (C=O) groups excluding carboxylic acids is 1. The fourth-order valence-corrected chi connectivity index (χ4v) is 2.44. The third-order valence-corrected chi connectivity index (χ3v) is 3.70. The second-order valence-corrected chi connectivity index (χ2v) is 4.93. The number of rotatable bonds is 3. The van der Waals surface area contributed by atoms with E-state index in [0.29, 0.717) is 42.8 Å². The van der Waals surface area contributed by atoms with Gasteiger partial charge in [0.05, 0.1) is 18.6 Å². The minimum Gasteiger partial charge on any atom is -0.495 e. The van der Waals surface area contributed by atoms with Gasteiger partial charge in [0.15, 0.2) is 0 Å². The van der Waals surface area contributed by atoms with Gasteiger partial charge in [-0.2, -0.15) is 5.26 Å². The highest BCUT2D eigenvalue weighted by Gasteiger charge is 2.27. The Morgan fingerprint density at radius 1 is 1.38 bits per heavy atom. The van der Waals surface area contributed by atoms with E-state index in [9.17, 15) is 9.59 Å². The molecule has 0 aliphatic carbocycles. The fraction of sp³-hybridized carbons (Fsp3) is 0.400. The smallest absolute Gasteiger partial charge is 0.306 e. The molecule has 1 aromatic rings. The van der Waals surface area contributed by atoms with Crippen molar-refractivity contribution in [1.29, 1.82) is 5.26 Å². The second-order valence-electron chi connectivity index (χ2n) is 4.93. The van der Waals surface area contributed by atoms with Crippen LogP contribution in [-0.4, -0.2) is 42.1 Å². The third kappa shape index (κ3) is 3.14. The molecule has 21 heavy (non-hydrogen) atoms. The van der Waals surface area contributed by atoms with E-state index in [1.54, 1.807) is 17.0 Å². The molecule has 1 saturated heterocycles. The summed E-state index contributed by atoms with van der Waals surface area (Å²) in [5.74, 6) is -0.936. The van der Waals surface area contributed by atoms with Crippen LogP contribution in [0.5, 0.6) is 5.75 Å². The van der Waals surface area contributed by atoms with Crippen molar-refractivity contribution in [2.24, 2.45) is 5.92 Å². The predicted molar refractivity (Wildman–Crippen MR) is 74.0 cm³/mol. The number of hydrogen-bond donors (Lipinski definition) is 1. The molecule has 0 spiro atoms. The van der Waals surface area contributed by atoms with Gasteiger partial charge in [-0.25, -0.2) is 0 Å². The van der Waals surface area contributed by atoms with E-state index in [1.807, 2.05) is 6.07 Å². The van der Waals surface area contributed by atoms with Gasteiger partial charge in [0.2, 0.25) is 0 Å². The number of amides is 1. The third-order valence-electron chi connectivity index (χ3n) is 3.70. The van der Waals surface area contributed by atoms with Crippen LogP contribution in [0.25, 0.3) is 0 Å². The van der Waals surface area contributed by atoms with Crippen LogP contribution in [-0.2, 0) is 4.79 Å². The number of carboxylic acids is 1. The Kier molecular flexibility index (Phi) is 4.43. The first kappa shape index (κ1) is 14.9. The Morgan fingerprint density at radius 3 is 2.57 bits per heavy atom. The standard InChI is InChI=1S/C15H16N2O4/c1-21-13-3-2-11(8-12(13)9-16)14(18)17-6-4-10(5-7-17)15(19)20/h2-3,8,10H,4-7H2,1H3,(H,19,20). The van der Waals surface area contributed by atoms with E-state index in [-0.39, 0.29) is 11.8 Å². The zero-order valence-electron chi connectivity index (χ0n) is 11.7. The molecule has 2 rings (SSSR count). The first-order chi connectivity index (χ1) is 10.1. The molecule has 110 valence electrons. The number of piperidine rings is 1. The lowest BCUT2D eigenvalue weighted by atomic mass is 9.96. The maximum absolute atomic E-state index is 12.4. The van der Waals surface area contributed by atoms with Crippen LogP contribution in [0, 0.1) is 17.2 Å². The van der Waals surface area contributed by atoms with E-state index >= 15 is 0 Å². The maximum Gasteiger partial charge on any atom is 0.306 e. The molecule has 1 aromatic carbocycles. The summed E-state index contributed by atoms with van der Waals surface area (Å²) >= 11 is 0. The molecular formula is C15H16N2O4. The van der Waals surface area contributed by atoms with Gasteiger partial charge in [-0.1, -0.05) is 0 Å². The lowest BCUT2D eigenvalue weighted by Crippen LogP contribution is -2.40. The summed E-state index contributed by atoms with van der Waals surface area (Å²) in [5, 5.41) is 18.0. The van der Waals surface area contributed by atoms with Crippen LogP contribution < -0.4 is 4.74 Å². The minimum absolute atomic E-state index is 0.182. The van der Waals surface area contributed by atoms with Gasteiger partial charge in [-0.05, 0) is 31.0 Å². The van der Waals surface area contributed by atoms with Crippen molar-refractivity contribution >= 4 is 11.9 Å². The van der Waals surface area contributed by atoms with Crippen LogP contribution in [0.2, 0.25) is 0 Å². The summed E-state index contributed by atoms with van der Waals surface area (Å²) < 4.78 is 5.04. The molecule has 6 nitrogen and oxygen atoms in total. The molecule has 0 aromatic heterocycles. The van der Waals surface area contributed by atoms with Crippen LogP contribution in [0.3, 0.4) is 0 Å². The topological polar surface area (TPSA) is 90.6 Å². The van der Waals surface area contributed by atoms with Gasteiger partial charge in [-0.3, -0.25) is 9.59 Å². The maximum atomic E-state index is 12.4. The largest absolute Gasteiger partial charge is 0.495 e. The summed E-state index contributed by atoms with van der Waals surface area (Å²) in [7, 11) is 1.47. The number of carbonyl (C=O) groups is 2. The van der Waals surface area contributed by atoms with Crippen LogP contribution >= 0.6 is 0 Å². The van der Waals surface area contributed by atoms with Gasteiger partial charge in [0.1, 0.15) is 11.8 Å². The molecule has 1 amide bonds. The molecule has 1 aliphatic heterocycles. The molecule has 0 bridgehead atoms. The number of methoxy groups -OCH3 is 1. The molecule has 0 saturated carbocycles. The molecule has 6 heteroatoms. The zero-order chi connectivity index (χ0) is 15.4. The predicted octanol–water partition coefficient (Wildman–Crippen LogP) is 1.50. The Hall–Kier alpha value is -2.55. The van der Waals surface area contributed by atoms with E-state index in [0.717, 1.165) is 0 Å². The summed E-state index contributed by atoms with van der Waals surface area (Å²) in [6.45, 7) is 0.841. The molecule has 1 heterocycles. The number of ether oxygens (including phenoxy) is 1. The van der Waals surface area contributed by atoms with Gasteiger partial charge in [-0.15, -0.1) is 0 Å². The molecular weight excluding hydrogens is 272 g/mol. The number of likely N-dealkylation sites (tertiary alicyclic amines) is 1. The molecule has 0 radical (unpaired) electrons. The SMILES string of the molecule is COc1ccc(C(=O)N2CCC(C(=O)O)CC2)cc1C#N. The first-order valence-corrected chi connectivity index (χ1v) is 6.67. The average molecular weight is 288 g/mol.